The first kappa shape index (κ1) is 22.4. The summed E-state index contributed by atoms with van der Waals surface area (Å²) in [5.41, 5.74) is 1.40. The molecule has 5 nitrogen and oxygen atoms in total. The molecule has 0 unspecified atom stereocenters. The standard InChI is InChI=1S/C20H30N4O.2ClH/c25-20(23-10-8-21-9-11-23)16-22-12-18-6-7-19(15-22)24(14-18)13-17-4-2-1-3-5-17;;/h1-5,18-19,21H,6-16H2;2*1H/t18-,19+;;/m0../s1. The zero-order chi connectivity index (χ0) is 17.1. The maximum atomic E-state index is 12.6. The van der Waals surface area contributed by atoms with Gasteiger partial charge < -0.3 is 10.2 Å². The second-order valence-corrected chi connectivity index (χ2v) is 7.84. The Morgan fingerprint density at radius 2 is 1.74 bits per heavy atom. The molecule has 0 aliphatic carbocycles. The lowest BCUT2D eigenvalue weighted by atomic mass is 9.94. The molecule has 152 valence electrons. The van der Waals surface area contributed by atoms with Gasteiger partial charge in [-0.05, 0) is 24.3 Å². The van der Waals surface area contributed by atoms with Crippen LogP contribution < -0.4 is 5.32 Å². The molecule has 0 spiro atoms. The highest BCUT2D eigenvalue weighted by Gasteiger charge is 2.35. The average molecular weight is 415 g/mol. The highest BCUT2D eigenvalue weighted by Crippen LogP contribution is 2.29. The Kier molecular flexibility index (Phi) is 8.83. The second kappa shape index (κ2) is 10.6. The predicted octanol–water partition coefficient (Wildman–Crippen LogP) is 1.86. The lowest BCUT2D eigenvalue weighted by Crippen LogP contribution is -2.50. The molecular formula is C20H32Cl2N4O. The summed E-state index contributed by atoms with van der Waals surface area (Å²) in [7, 11) is 0. The summed E-state index contributed by atoms with van der Waals surface area (Å²) in [6.45, 7) is 8.54. The van der Waals surface area contributed by atoms with Gasteiger partial charge in [-0.15, -0.1) is 24.8 Å². The van der Waals surface area contributed by atoms with Crippen LogP contribution in [0.5, 0.6) is 0 Å². The van der Waals surface area contributed by atoms with Gasteiger partial charge in [0.1, 0.15) is 0 Å². The number of piperazine rings is 1. The first-order chi connectivity index (χ1) is 12.3. The van der Waals surface area contributed by atoms with Crippen LogP contribution in [0, 0.1) is 5.92 Å². The van der Waals surface area contributed by atoms with Gasteiger partial charge in [-0.25, -0.2) is 0 Å². The molecule has 1 aromatic carbocycles. The van der Waals surface area contributed by atoms with E-state index in [1.165, 1.54) is 24.9 Å². The number of hydrogen-bond donors (Lipinski definition) is 1. The maximum Gasteiger partial charge on any atom is 0.236 e. The molecule has 4 saturated heterocycles. The van der Waals surface area contributed by atoms with Crippen LogP contribution >= 0.6 is 24.8 Å². The van der Waals surface area contributed by atoms with Gasteiger partial charge in [0, 0.05) is 58.4 Å². The van der Waals surface area contributed by atoms with Crippen LogP contribution in [0.1, 0.15) is 18.4 Å². The Hall–Kier alpha value is -0.850. The molecule has 7 heteroatoms. The summed E-state index contributed by atoms with van der Waals surface area (Å²) in [4.78, 5) is 19.7. The number of nitrogens with zero attached hydrogens (tertiary/aromatic N) is 3. The van der Waals surface area contributed by atoms with Crippen LogP contribution in [0.4, 0.5) is 0 Å². The van der Waals surface area contributed by atoms with Crippen LogP contribution in [0.15, 0.2) is 30.3 Å². The van der Waals surface area contributed by atoms with E-state index >= 15 is 0 Å². The van der Waals surface area contributed by atoms with E-state index < -0.39 is 0 Å². The SMILES string of the molecule is Cl.Cl.O=C(CN1C[C@@H]2CC[C@H](C1)N(Cc1ccccc1)C2)N1CCNCC1. The number of amides is 1. The first-order valence-electron chi connectivity index (χ1n) is 9.77. The van der Waals surface area contributed by atoms with Crippen molar-refractivity contribution in [1.29, 1.82) is 0 Å². The molecule has 2 atom stereocenters. The Balaban J connectivity index is 0.00000131. The van der Waals surface area contributed by atoms with Crippen LogP contribution in [0.3, 0.4) is 0 Å². The Morgan fingerprint density at radius 1 is 1.00 bits per heavy atom. The molecule has 0 saturated carbocycles. The number of benzene rings is 1. The van der Waals surface area contributed by atoms with Gasteiger partial charge in [-0.2, -0.15) is 0 Å². The van der Waals surface area contributed by atoms with E-state index in [0.29, 0.717) is 24.4 Å². The van der Waals surface area contributed by atoms with E-state index in [1.54, 1.807) is 0 Å². The Bertz CT molecular complexity index is 583. The molecule has 1 aromatic rings. The number of piperidine rings is 1. The van der Waals surface area contributed by atoms with Gasteiger partial charge >= 0.3 is 0 Å². The fraction of sp³-hybridized carbons (Fsp3) is 0.650. The van der Waals surface area contributed by atoms with Crippen molar-refractivity contribution >= 4 is 30.7 Å². The van der Waals surface area contributed by atoms with E-state index in [2.05, 4.69) is 45.4 Å². The molecule has 1 N–H and O–H groups in total. The minimum atomic E-state index is 0. The van der Waals surface area contributed by atoms with Crippen molar-refractivity contribution in [1.82, 2.24) is 20.0 Å². The molecule has 4 fully saturated rings. The first-order valence-corrected chi connectivity index (χ1v) is 9.77. The lowest BCUT2D eigenvalue weighted by molar-refractivity contribution is -0.133. The number of carbonyl (C=O) groups is 1. The van der Waals surface area contributed by atoms with Crippen molar-refractivity contribution in [3.8, 4) is 0 Å². The summed E-state index contributed by atoms with van der Waals surface area (Å²) in [6, 6.07) is 11.4. The zero-order valence-corrected chi connectivity index (χ0v) is 17.5. The topological polar surface area (TPSA) is 38.8 Å². The minimum absolute atomic E-state index is 0. The van der Waals surface area contributed by atoms with Crippen molar-refractivity contribution in [2.45, 2.75) is 25.4 Å². The summed E-state index contributed by atoms with van der Waals surface area (Å²) in [5, 5.41) is 3.32. The minimum Gasteiger partial charge on any atom is -0.339 e. The third kappa shape index (κ3) is 5.81. The Labute approximate surface area is 175 Å². The molecular weight excluding hydrogens is 383 g/mol. The zero-order valence-electron chi connectivity index (χ0n) is 15.9. The number of carbonyl (C=O) groups excluding carboxylic acids is 1. The van der Waals surface area contributed by atoms with Gasteiger partial charge in [0.25, 0.3) is 0 Å². The van der Waals surface area contributed by atoms with Crippen molar-refractivity contribution < 1.29 is 4.79 Å². The van der Waals surface area contributed by atoms with Crippen LogP contribution in [0.25, 0.3) is 0 Å². The van der Waals surface area contributed by atoms with Crippen molar-refractivity contribution in [2.24, 2.45) is 5.92 Å². The van der Waals surface area contributed by atoms with Crippen molar-refractivity contribution in [3.05, 3.63) is 35.9 Å². The summed E-state index contributed by atoms with van der Waals surface area (Å²) >= 11 is 0. The monoisotopic (exact) mass is 414 g/mol. The molecule has 2 bridgehead atoms. The predicted molar refractivity (Wildman–Crippen MR) is 114 cm³/mol. The van der Waals surface area contributed by atoms with E-state index in [1.807, 2.05) is 4.90 Å². The highest BCUT2D eigenvalue weighted by atomic mass is 35.5. The number of fused-ring (bicyclic) bond motifs is 4. The normalized spacial score (nSPS) is 26.0. The second-order valence-electron chi connectivity index (χ2n) is 7.84. The van der Waals surface area contributed by atoms with Crippen molar-refractivity contribution in [2.75, 3.05) is 52.4 Å². The molecule has 27 heavy (non-hydrogen) atoms. The van der Waals surface area contributed by atoms with Gasteiger partial charge in [-0.1, -0.05) is 30.3 Å². The molecule has 5 rings (SSSR count). The highest BCUT2D eigenvalue weighted by molar-refractivity contribution is 5.85. The molecule has 0 radical (unpaired) electrons. The molecule has 4 aliphatic rings. The van der Waals surface area contributed by atoms with E-state index in [0.717, 1.165) is 45.8 Å². The number of rotatable bonds is 4. The average Bonchev–Trinajstić information content (AvgIpc) is 2.94. The number of halogens is 2. The number of hydrogen-bond acceptors (Lipinski definition) is 4. The van der Waals surface area contributed by atoms with Crippen LogP contribution in [-0.4, -0.2) is 79.0 Å². The Morgan fingerprint density at radius 3 is 2.48 bits per heavy atom. The third-order valence-corrected chi connectivity index (χ3v) is 5.96. The smallest absolute Gasteiger partial charge is 0.236 e. The quantitative estimate of drug-likeness (QED) is 0.815. The van der Waals surface area contributed by atoms with E-state index in [-0.39, 0.29) is 24.8 Å². The van der Waals surface area contributed by atoms with Crippen molar-refractivity contribution in [3.63, 3.8) is 0 Å². The van der Waals surface area contributed by atoms with E-state index in [9.17, 15) is 4.79 Å². The summed E-state index contributed by atoms with van der Waals surface area (Å²) in [5.74, 6) is 1.02. The molecule has 1 amide bonds. The lowest BCUT2D eigenvalue weighted by Gasteiger charge is -2.36. The summed E-state index contributed by atoms with van der Waals surface area (Å²) in [6.07, 6.45) is 2.59. The van der Waals surface area contributed by atoms with Gasteiger partial charge in [0.05, 0.1) is 6.54 Å². The van der Waals surface area contributed by atoms with Crippen LogP contribution in [-0.2, 0) is 11.3 Å². The summed E-state index contributed by atoms with van der Waals surface area (Å²) < 4.78 is 0. The molecule has 0 aromatic heterocycles. The van der Waals surface area contributed by atoms with Gasteiger partial charge in [-0.3, -0.25) is 14.6 Å². The largest absolute Gasteiger partial charge is 0.339 e. The molecule has 4 aliphatic heterocycles. The third-order valence-electron chi connectivity index (χ3n) is 5.96. The fourth-order valence-corrected chi connectivity index (χ4v) is 4.62. The van der Waals surface area contributed by atoms with Gasteiger partial charge in [0.15, 0.2) is 0 Å². The van der Waals surface area contributed by atoms with Crippen LogP contribution in [0.2, 0.25) is 0 Å². The maximum absolute atomic E-state index is 12.6. The van der Waals surface area contributed by atoms with Gasteiger partial charge in [0.2, 0.25) is 5.91 Å². The fourth-order valence-electron chi connectivity index (χ4n) is 4.62. The van der Waals surface area contributed by atoms with E-state index in [4.69, 9.17) is 0 Å². The molecule has 4 heterocycles. The number of nitrogens with one attached hydrogen (secondary N) is 1.